The number of rotatable bonds is 8. The highest BCUT2D eigenvalue weighted by molar-refractivity contribution is 9.15. The largest absolute Gasteiger partial charge is 0.413 e. The molecule has 2 aromatic rings. The van der Waals surface area contributed by atoms with Crippen LogP contribution < -0.4 is 0 Å². The van der Waals surface area contributed by atoms with E-state index in [9.17, 15) is 0 Å². The quantitative estimate of drug-likeness (QED) is 0.243. The molecule has 0 aliphatic rings. The molecule has 181 valence electrons. The molecule has 0 bridgehead atoms. The van der Waals surface area contributed by atoms with Crippen LogP contribution >= 0.6 is 15.9 Å². The van der Waals surface area contributed by atoms with Crippen molar-refractivity contribution in [3.05, 3.63) is 70.8 Å². The molecule has 0 atom stereocenters. The maximum Gasteiger partial charge on any atom is 0.192 e. The van der Waals surface area contributed by atoms with Crippen LogP contribution in [0.15, 0.2) is 42.5 Å². The predicted molar refractivity (Wildman–Crippen MR) is 152 cm³/mol. The average Bonchev–Trinajstić information content (AvgIpc) is 2.70. The molecule has 5 heteroatoms. The highest BCUT2D eigenvalue weighted by Gasteiger charge is 2.38. The monoisotopic (exact) mass is 545 g/mol. The fourth-order valence-electron chi connectivity index (χ4n) is 2.72. The summed E-state index contributed by atoms with van der Waals surface area (Å²) in [7, 11) is -3.71. The van der Waals surface area contributed by atoms with Crippen molar-refractivity contribution in [2.75, 3.05) is 0 Å². The minimum Gasteiger partial charge on any atom is -0.413 e. The second-order valence-corrected chi connectivity index (χ2v) is 22.4. The molecular formula is C28H42BrO2Si2. The lowest BCUT2D eigenvalue weighted by Crippen LogP contribution is -2.41. The van der Waals surface area contributed by atoms with E-state index in [0.717, 1.165) is 15.6 Å². The molecule has 0 fully saturated rings. The topological polar surface area (TPSA) is 18.5 Å². The van der Waals surface area contributed by atoms with E-state index in [4.69, 9.17) is 8.85 Å². The number of halogens is 1. The van der Waals surface area contributed by atoms with Crippen molar-refractivity contribution in [2.24, 2.45) is 0 Å². The molecule has 0 spiro atoms. The second-order valence-electron chi connectivity index (χ2n) is 11.9. The van der Waals surface area contributed by atoms with Gasteiger partial charge >= 0.3 is 0 Å². The summed E-state index contributed by atoms with van der Waals surface area (Å²) in [5, 5.41) is 0.358. The van der Waals surface area contributed by atoms with Crippen molar-refractivity contribution in [3.8, 4) is 0 Å². The molecule has 0 amide bonds. The Hall–Kier alpha value is -0.986. The minimum absolute atomic E-state index is 0.174. The molecule has 0 unspecified atom stereocenters. The maximum absolute atomic E-state index is 6.63. The van der Waals surface area contributed by atoms with Gasteiger partial charge in [-0.25, -0.2) is 0 Å². The highest BCUT2D eigenvalue weighted by Crippen LogP contribution is 2.39. The van der Waals surface area contributed by atoms with Crippen LogP contribution in [0.2, 0.25) is 36.3 Å². The zero-order chi connectivity index (χ0) is 25.1. The van der Waals surface area contributed by atoms with Gasteiger partial charge in [0.05, 0.1) is 13.2 Å². The molecule has 2 nitrogen and oxygen atoms in total. The van der Waals surface area contributed by atoms with Crippen molar-refractivity contribution >= 4 is 43.1 Å². The number of benzene rings is 2. The van der Waals surface area contributed by atoms with Crippen LogP contribution in [-0.2, 0) is 22.1 Å². The van der Waals surface area contributed by atoms with E-state index in [0.29, 0.717) is 13.2 Å². The van der Waals surface area contributed by atoms with E-state index in [1.54, 1.807) is 0 Å². The summed E-state index contributed by atoms with van der Waals surface area (Å²) in [6.45, 7) is 24.2. The summed E-state index contributed by atoms with van der Waals surface area (Å²) in [4.78, 5) is 0. The Morgan fingerprint density at radius 1 is 0.818 bits per heavy atom. The van der Waals surface area contributed by atoms with Gasteiger partial charge in [-0.2, -0.15) is 0 Å². The second kappa shape index (κ2) is 10.7. The van der Waals surface area contributed by atoms with Gasteiger partial charge in [-0.05, 0) is 76.7 Å². The molecule has 1 radical (unpaired) electrons. The average molecular weight is 547 g/mol. The zero-order valence-electron chi connectivity index (χ0n) is 22.2. The SMILES string of the molecule is CC(C)(C)[Si](C)(C)OCc1ccc(C(Br)=Cc2cc[c]cc2)cc1CO[Si](C)(C)C(C)(C)C. The Morgan fingerprint density at radius 2 is 1.30 bits per heavy atom. The van der Waals surface area contributed by atoms with E-state index in [2.05, 4.69) is 126 Å². The summed E-state index contributed by atoms with van der Waals surface area (Å²) in [6, 6.07) is 17.7. The molecular weight excluding hydrogens is 504 g/mol. The molecule has 0 saturated carbocycles. The van der Waals surface area contributed by atoms with Crippen LogP contribution in [0.5, 0.6) is 0 Å². The molecule has 2 rings (SSSR count). The minimum atomic E-state index is -1.87. The normalized spacial score (nSPS) is 14.0. The first kappa shape index (κ1) is 28.3. The van der Waals surface area contributed by atoms with Crippen molar-refractivity contribution in [1.29, 1.82) is 0 Å². The molecule has 0 aliphatic heterocycles. The van der Waals surface area contributed by atoms with Gasteiger partial charge in [-0.3, -0.25) is 0 Å². The summed E-state index contributed by atoms with van der Waals surface area (Å²) in [5.41, 5.74) is 4.72. The lowest BCUT2D eigenvalue weighted by atomic mass is 10.0. The Balaban J connectivity index is 2.37. The van der Waals surface area contributed by atoms with Gasteiger partial charge in [-0.1, -0.05) is 93.9 Å². The van der Waals surface area contributed by atoms with Gasteiger partial charge in [0, 0.05) is 4.48 Å². The van der Waals surface area contributed by atoms with Gasteiger partial charge in [-0.15, -0.1) is 0 Å². The fourth-order valence-corrected chi connectivity index (χ4v) is 5.13. The molecule has 0 aliphatic carbocycles. The standard InChI is InChI=1S/C28H42BrO2Si2/c1-27(2,3)32(7,8)30-20-24-17-16-23(26(29)18-22-14-12-11-13-15-22)19-25(24)21-31-33(9,10)28(4,5)6/h12-19H,20-21H2,1-10H3. The van der Waals surface area contributed by atoms with Crippen LogP contribution in [0.4, 0.5) is 0 Å². The first-order chi connectivity index (χ1) is 15.0. The van der Waals surface area contributed by atoms with Crippen LogP contribution in [0, 0.1) is 6.07 Å². The number of hydrogen-bond acceptors (Lipinski definition) is 2. The summed E-state index contributed by atoms with van der Waals surface area (Å²) >= 11 is 3.80. The third-order valence-electron chi connectivity index (χ3n) is 7.31. The predicted octanol–water partition coefficient (Wildman–Crippen LogP) is 9.42. The van der Waals surface area contributed by atoms with Gasteiger partial charge in [0.15, 0.2) is 16.6 Å². The van der Waals surface area contributed by atoms with Crippen molar-refractivity contribution in [3.63, 3.8) is 0 Å². The van der Waals surface area contributed by atoms with E-state index in [1.165, 1.54) is 11.1 Å². The van der Waals surface area contributed by atoms with Crippen LogP contribution in [-0.4, -0.2) is 16.6 Å². The van der Waals surface area contributed by atoms with Crippen LogP contribution in [0.1, 0.15) is 63.8 Å². The number of hydrogen-bond donors (Lipinski definition) is 0. The molecule has 0 saturated heterocycles. The van der Waals surface area contributed by atoms with Crippen LogP contribution in [0.25, 0.3) is 10.6 Å². The summed E-state index contributed by atoms with van der Waals surface area (Å²) < 4.78 is 14.3. The van der Waals surface area contributed by atoms with E-state index >= 15 is 0 Å². The molecule has 0 heterocycles. The Labute approximate surface area is 213 Å². The first-order valence-corrected chi connectivity index (χ1v) is 18.4. The Bertz CT molecular complexity index is 952. The lowest BCUT2D eigenvalue weighted by Gasteiger charge is -2.37. The summed E-state index contributed by atoms with van der Waals surface area (Å²) in [5.74, 6) is 0. The molecule has 2 aromatic carbocycles. The van der Waals surface area contributed by atoms with Crippen LogP contribution in [0.3, 0.4) is 0 Å². The zero-order valence-corrected chi connectivity index (χ0v) is 25.8. The first-order valence-electron chi connectivity index (χ1n) is 11.8. The molecule has 0 aromatic heterocycles. The lowest BCUT2D eigenvalue weighted by molar-refractivity contribution is 0.257. The van der Waals surface area contributed by atoms with E-state index < -0.39 is 16.6 Å². The smallest absolute Gasteiger partial charge is 0.192 e. The van der Waals surface area contributed by atoms with Gasteiger partial charge in [0.2, 0.25) is 0 Å². The van der Waals surface area contributed by atoms with Gasteiger partial charge < -0.3 is 8.85 Å². The van der Waals surface area contributed by atoms with Crippen molar-refractivity contribution < 1.29 is 8.85 Å². The van der Waals surface area contributed by atoms with Gasteiger partial charge in [0.1, 0.15) is 0 Å². The highest BCUT2D eigenvalue weighted by atomic mass is 79.9. The molecule has 0 N–H and O–H groups in total. The van der Waals surface area contributed by atoms with Crippen molar-refractivity contribution in [1.82, 2.24) is 0 Å². The van der Waals surface area contributed by atoms with Gasteiger partial charge in [0.25, 0.3) is 0 Å². The van der Waals surface area contributed by atoms with Crippen molar-refractivity contribution in [2.45, 2.75) is 91.0 Å². The third kappa shape index (κ3) is 7.76. The fraction of sp³-hybridized carbons (Fsp3) is 0.500. The van der Waals surface area contributed by atoms with E-state index in [-0.39, 0.29) is 10.1 Å². The summed E-state index contributed by atoms with van der Waals surface area (Å²) in [6.07, 6.45) is 2.15. The Kier molecular flexibility index (Phi) is 9.19. The Morgan fingerprint density at radius 3 is 1.79 bits per heavy atom. The third-order valence-corrected chi connectivity index (χ3v) is 17.0. The maximum atomic E-state index is 6.63. The molecule has 33 heavy (non-hydrogen) atoms. The van der Waals surface area contributed by atoms with E-state index in [1.807, 2.05) is 12.1 Å².